The molecule has 0 saturated heterocycles. The zero-order chi connectivity index (χ0) is 14.5. The number of carboxylic acid groups (broad SMARTS) is 1. The molecule has 0 aliphatic rings. The first-order valence-electron chi connectivity index (χ1n) is 6.06. The van der Waals surface area contributed by atoms with Crippen molar-refractivity contribution in [2.45, 2.75) is 13.5 Å². The van der Waals surface area contributed by atoms with Crippen LogP contribution in [-0.2, 0) is 11.3 Å². The number of aryl methyl sites for hydroxylation is 1. The van der Waals surface area contributed by atoms with E-state index in [9.17, 15) is 4.79 Å². The largest absolute Gasteiger partial charge is 0.478 e. The van der Waals surface area contributed by atoms with Crippen molar-refractivity contribution in [2.75, 3.05) is 7.11 Å². The summed E-state index contributed by atoms with van der Waals surface area (Å²) in [7, 11) is 1.62. The van der Waals surface area contributed by atoms with E-state index in [1.165, 1.54) is 12.1 Å². The van der Waals surface area contributed by atoms with Crippen molar-refractivity contribution in [3.63, 3.8) is 0 Å². The molecule has 1 N–H and O–H groups in total. The van der Waals surface area contributed by atoms with Gasteiger partial charge in [0, 0.05) is 18.9 Å². The fraction of sp³-hybridized carbons (Fsp3) is 0.200. The number of aromatic nitrogens is 1. The summed E-state index contributed by atoms with van der Waals surface area (Å²) in [5.74, 6) is -0.153. The molecule has 1 heterocycles. The van der Waals surface area contributed by atoms with Crippen LogP contribution in [0.1, 0.15) is 21.6 Å². The predicted octanol–water partition coefficient (Wildman–Crippen LogP) is 3.03. The van der Waals surface area contributed by atoms with Crippen LogP contribution < -0.4 is 4.74 Å². The number of aromatic carboxylic acids is 1. The lowest BCUT2D eigenvalue weighted by Crippen LogP contribution is -2.00. The van der Waals surface area contributed by atoms with Crippen molar-refractivity contribution < 1.29 is 19.4 Å². The lowest BCUT2D eigenvalue weighted by Gasteiger charge is -2.08. The van der Waals surface area contributed by atoms with E-state index < -0.39 is 5.97 Å². The van der Waals surface area contributed by atoms with E-state index in [2.05, 4.69) is 4.98 Å². The monoisotopic (exact) mass is 273 g/mol. The van der Waals surface area contributed by atoms with Crippen molar-refractivity contribution in [2.24, 2.45) is 0 Å². The summed E-state index contributed by atoms with van der Waals surface area (Å²) in [5, 5.41) is 9.01. The molecule has 2 aromatic rings. The van der Waals surface area contributed by atoms with Crippen LogP contribution in [0.15, 0.2) is 36.4 Å². The van der Waals surface area contributed by atoms with Crippen molar-refractivity contribution in [1.82, 2.24) is 4.98 Å². The minimum Gasteiger partial charge on any atom is -0.478 e. The van der Waals surface area contributed by atoms with Gasteiger partial charge in [-0.05, 0) is 30.7 Å². The van der Waals surface area contributed by atoms with Gasteiger partial charge < -0.3 is 14.6 Å². The van der Waals surface area contributed by atoms with E-state index >= 15 is 0 Å². The summed E-state index contributed by atoms with van der Waals surface area (Å²) in [6.45, 7) is 2.21. The lowest BCUT2D eigenvalue weighted by molar-refractivity contribution is 0.0696. The van der Waals surface area contributed by atoms with Gasteiger partial charge in [-0.2, -0.15) is 0 Å². The van der Waals surface area contributed by atoms with Crippen molar-refractivity contribution in [3.8, 4) is 11.6 Å². The van der Waals surface area contributed by atoms with E-state index in [4.69, 9.17) is 14.6 Å². The normalized spacial score (nSPS) is 10.3. The van der Waals surface area contributed by atoms with Crippen molar-refractivity contribution >= 4 is 5.97 Å². The summed E-state index contributed by atoms with van der Waals surface area (Å²) in [4.78, 5) is 15.2. The maximum absolute atomic E-state index is 11.0. The molecule has 1 aromatic heterocycles. The van der Waals surface area contributed by atoms with Gasteiger partial charge in [0.05, 0.1) is 12.2 Å². The highest BCUT2D eigenvalue weighted by molar-refractivity contribution is 5.88. The molecule has 2 rings (SSSR count). The van der Waals surface area contributed by atoms with Gasteiger partial charge in [0.2, 0.25) is 5.88 Å². The second-order valence-electron chi connectivity index (χ2n) is 4.32. The highest BCUT2D eigenvalue weighted by Gasteiger charge is 2.08. The first-order valence-corrected chi connectivity index (χ1v) is 6.06. The van der Waals surface area contributed by atoms with Gasteiger partial charge in [-0.25, -0.2) is 9.78 Å². The first-order chi connectivity index (χ1) is 9.58. The van der Waals surface area contributed by atoms with E-state index in [1.54, 1.807) is 20.1 Å². The molecule has 1 aromatic carbocycles. The Labute approximate surface area is 116 Å². The van der Waals surface area contributed by atoms with Crippen LogP contribution in [0.3, 0.4) is 0 Å². The van der Waals surface area contributed by atoms with Crippen LogP contribution in [0.5, 0.6) is 11.6 Å². The van der Waals surface area contributed by atoms with E-state index in [-0.39, 0.29) is 11.4 Å². The minimum absolute atomic E-state index is 0.153. The van der Waals surface area contributed by atoms with Gasteiger partial charge in [0.25, 0.3) is 0 Å². The topological polar surface area (TPSA) is 68.7 Å². The van der Waals surface area contributed by atoms with E-state index in [0.29, 0.717) is 18.1 Å². The molecule has 0 bridgehead atoms. The Hall–Kier alpha value is -2.40. The summed E-state index contributed by atoms with van der Waals surface area (Å²) >= 11 is 0. The van der Waals surface area contributed by atoms with Gasteiger partial charge in [-0.1, -0.05) is 12.1 Å². The third-order valence-electron chi connectivity index (χ3n) is 2.61. The van der Waals surface area contributed by atoms with Crippen molar-refractivity contribution in [1.29, 1.82) is 0 Å². The smallest absolute Gasteiger partial charge is 0.335 e. The Balaban J connectivity index is 2.25. The molecule has 0 fully saturated rings. The fourth-order valence-electron chi connectivity index (χ4n) is 1.80. The number of nitrogens with zero attached hydrogens (tertiary/aromatic N) is 1. The molecule has 0 amide bonds. The van der Waals surface area contributed by atoms with Gasteiger partial charge >= 0.3 is 5.97 Å². The number of pyridine rings is 1. The molecule has 0 atom stereocenters. The van der Waals surface area contributed by atoms with Gasteiger partial charge in [-0.15, -0.1) is 0 Å². The van der Waals surface area contributed by atoms with Crippen molar-refractivity contribution in [3.05, 3.63) is 53.2 Å². The number of hydrogen-bond donors (Lipinski definition) is 1. The Morgan fingerprint density at radius 2 is 2.10 bits per heavy atom. The minimum atomic E-state index is -1.01. The van der Waals surface area contributed by atoms with Crippen LogP contribution >= 0.6 is 0 Å². The van der Waals surface area contributed by atoms with Crippen LogP contribution in [0.2, 0.25) is 0 Å². The molecule has 0 radical (unpaired) electrons. The number of methoxy groups -OCH3 is 1. The number of benzene rings is 1. The van der Waals surface area contributed by atoms with Crippen LogP contribution in [0, 0.1) is 6.92 Å². The number of carbonyl (C=O) groups is 1. The summed E-state index contributed by atoms with van der Waals surface area (Å²) in [6, 6.07) is 10.3. The Kier molecular flexibility index (Phi) is 4.32. The summed E-state index contributed by atoms with van der Waals surface area (Å²) in [6.07, 6.45) is 0. The molecule has 0 unspecified atom stereocenters. The average Bonchev–Trinajstić information content (AvgIpc) is 2.38. The molecule has 5 heteroatoms. The maximum Gasteiger partial charge on any atom is 0.335 e. The van der Waals surface area contributed by atoms with Gasteiger partial charge in [0.1, 0.15) is 5.75 Å². The second-order valence-corrected chi connectivity index (χ2v) is 4.32. The zero-order valence-corrected chi connectivity index (χ0v) is 11.3. The SMILES string of the molecule is COCc1cccc(Oc2cc(C(=O)O)cc(C)n2)c1. The van der Waals surface area contributed by atoms with Crippen LogP contribution in [-0.4, -0.2) is 23.2 Å². The molecule has 0 aliphatic heterocycles. The molecule has 0 aliphatic carbocycles. The number of rotatable bonds is 5. The summed E-state index contributed by atoms with van der Waals surface area (Å²) < 4.78 is 10.7. The van der Waals surface area contributed by atoms with Gasteiger partial charge in [-0.3, -0.25) is 0 Å². The maximum atomic E-state index is 11.0. The first kappa shape index (κ1) is 14.0. The third kappa shape index (κ3) is 3.55. The number of carboxylic acids is 1. The Morgan fingerprint density at radius 1 is 1.30 bits per heavy atom. The highest BCUT2D eigenvalue weighted by atomic mass is 16.5. The Bertz CT molecular complexity index is 625. The van der Waals surface area contributed by atoms with Gasteiger partial charge in [0.15, 0.2) is 0 Å². The number of hydrogen-bond acceptors (Lipinski definition) is 4. The predicted molar refractivity (Wildman–Crippen MR) is 73.2 cm³/mol. The lowest BCUT2D eigenvalue weighted by atomic mass is 10.2. The molecule has 5 nitrogen and oxygen atoms in total. The quantitative estimate of drug-likeness (QED) is 0.906. The van der Waals surface area contributed by atoms with E-state index in [0.717, 1.165) is 5.56 Å². The number of ether oxygens (including phenoxy) is 2. The second kappa shape index (κ2) is 6.16. The van der Waals surface area contributed by atoms with E-state index in [1.807, 2.05) is 18.2 Å². The third-order valence-corrected chi connectivity index (χ3v) is 2.61. The molecule has 0 spiro atoms. The Morgan fingerprint density at radius 3 is 2.80 bits per heavy atom. The molecule has 0 saturated carbocycles. The van der Waals surface area contributed by atoms with Crippen LogP contribution in [0.25, 0.3) is 0 Å². The standard InChI is InChI=1S/C15H15NO4/c1-10-6-12(15(17)18)8-14(16-10)20-13-5-3-4-11(7-13)9-19-2/h3-8H,9H2,1-2H3,(H,17,18). The summed E-state index contributed by atoms with van der Waals surface area (Å²) in [5.41, 5.74) is 1.71. The molecular weight excluding hydrogens is 258 g/mol. The molecule has 20 heavy (non-hydrogen) atoms. The average molecular weight is 273 g/mol. The fourth-order valence-corrected chi connectivity index (χ4v) is 1.80. The highest BCUT2D eigenvalue weighted by Crippen LogP contribution is 2.22. The zero-order valence-electron chi connectivity index (χ0n) is 11.3. The molecule has 104 valence electrons. The van der Waals surface area contributed by atoms with Crippen LogP contribution in [0.4, 0.5) is 0 Å². The molecular formula is C15H15NO4.